The van der Waals surface area contributed by atoms with Crippen LogP contribution in [0.5, 0.6) is 0 Å². The van der Waals surface area contributed by atoms with Crippen LogP contribution in [-0.2, 0) is 16.0 Å². The van der Waals surface area contributed by atoms with Gasteiger partial charge in [0.1, 0.15) is 5.03 Å². The molecule has 0 spiro atoms. The summed E-state index contributed by atoms with van der Waals surface area (Å²) in [6.45, 7) is 3.60. The lowest BCUT2D eigenvalue weighted by Gasteiger charge is -2.02. The molecule has 1 aromatic carbocycles. The fraction of sp³-hybridized carbons (Fsp3) is 0.182. The van der Waals surface area contributed by atoms with Gasteiger partial charge in [0, 0.05) is 6.42 Å². The first-order valence-electron chi connectivity index (χ1n) is 4.25. The third-order valence-corrected chi connectivity index (χ3v) is 1.84. The van der Waals surface area contributed by atoms with Gasteiger partial charge in [-0.25, -0.2) is 4.79 Å². The van der Waals surface area contributed by atoms with E-state index >= 15 is 0 Å². The Hall–Kier alpha value is -1.28. The molecular formula is C11H11ClO2. The Kier molecular flexibility index (Phi) is 4.20. The van der Waals surface area contributed by atoms with Crippen LogP contribution in [0.2, 0.25) is 0 Å². The summed E-state index contributed by atoms with van der Waals surface area (Å²) in [7, 11) is 0. The minimum Gasteiger partial charge on any atom is -0.461 e. The molecule has 0 saturated heterocycles. The molecule has 3 heteroatoms. The summed E-state index contributed by atoms with van der Waals surface area (Å²) in [4.78, 5) is 10.9. The number of benzene rings is 1. The van der Waals surface area contributed by atoms with Crippen molar-refractivity contribution in [1.82, 2.24) is 0 Å². The fourth-order valence-corrected chi connectivity index (χ4v) is 1.04. The lowest BCUT2D eigenvalue weighted by Crippen LogP contribution is -2.06. The second-order valence-corrected chi connectivity index (χ2v) is 3.23. The first-order valence-corrected chi connectivity index (χ1v) is 4.63. The van der Waals surface area contributed by atoms with Crippen molar-refractivity contribution in [1.29, 1.82) is 0 Å². The molecule has 14 heavy (non-hydrogen) atoms. The number of rotatable bonds is 4. The Bertz CT molecular complexity index is 319. The molecule has 2 nitrogen and oxygen atoms in total. The molecule has 0 unspecified atom stereocenters. The van der Waals surface area contributed by atoms with Gasteiger partial charge in [-0.3, -0.25) is 0 Å². The van der Waals surface area contributed by atoms with Crippen molar-refractivity contribution >= 4 is 17.6 Å². The molecule has 1 rings (SSSR count). The van der Waals surface area contributed by atoms with Gasteiger partial charge in [0.25, 0.3) is 0 Å². The van der Waals surface area contributed by atoms with Gasteiger partial charge in [-0.15, -0.1) is 0 Å². The van der Waals surface area contributed by atoms with Crippen molar-refractivity contribution in [2.45, 2.75) is 6.42 Å². The lowest BCUT2D eigenvalue weighted by atomic mass is 10.2. The number of esters is 1. The van der Waals surface area contributed by atoms with Crippen molar-refractivity contribution in [2.24, 2.45) is 0 Å². The molecule has 0 aliphatic heterocycles. The Labute approximate surface area is 88.1 Å². The molecule has 0 radical (unpaired) electrons. The minimum atomic E-state index is -0.553. The van der Waals surface area contributed by atoms with Crippen LogP contribution in [0.3, 0.4) is 0 Å². The normalized spacial score (nSPS) is 9.50. The smallest absolute Gasteiger partial charge is 0.349 e. The minimum absolute atomic E-state index is 0.0851. The monoisotopic (exact) mass is 210 g/mol. The van der Waals surface area contributed by atoms with E-state index in [1.165, 1.54) is 0 Å². The van der Waals surface area contributed by atoms with Crippen molar-refractivity contribution in [3.8, 4) is 0 Å². The average molecular weight is 211 g/mol. The van der Waals surface area contributed by atoms with E-state index in [9.17, 15) is 4.79 Å². The molecule has 0 aromatic heterocycles. The number of halogens is 1. The predicted molar refractivity (Wildman–Crippen MR) is 56.1 cm³/mol. The van der Waals surface area contributed by atoms with Crippen LogP contribution in [0.25, 0.3) is 0 Å². The highest BCUT2D eigenvalue weighted by molar-refractivity contribution is 6.40. The third-order valence-electron chi connectivity index (χ3n) is 1.69. The van der Waals surface area contributed by atoms with E-state index in [0.29, 0.717) is 13.0 Å². The summed E-state index contributed by atoms with van der Waals surface area (Å²) in [6.07, 6.45) is 0.691. The third kappa shape index (κ3) is 3.62. The molecule has 0 fully saturated rings. The Morgan fingerprint density at radius 2 is 2.00 bits per heavy atom. The maximum absolute atomic E-state index is 10.9. The van der Waals surface area contributed by atoms with E-state index in [2.05, 4.69) is 6.58 Å². The second-order valence-electron chi connectivity index (χ2n) is 2.78. The molecule has 0 amide bonds. The van der Waals surface area contributed by atoms with E-state index in [4.69, 9.17) is 16.3 Å². The zero-order chi connectivity index (χ0) is 10.4. The highest BCUT2D eigenvalue weighted by Gasteiger charge is 2.04. The molecular weight excluding hydrogens is 200 g/mol. The van der Waals surface area contributed by atoms with Crippen molar-refractivity contribution in [2.75, 3.05) is 6.61 Å². The van der Waals surface area contributed by atoms with Crippen molar-refractivity contribution in [3.05, 3.63) is 47.5 Å². The van der Waals surface area contributed by atoms with E-state index < -0.39 is 5.97 Å². The van der Waals surface area contributed by atoms with Gasteiger partial charge in [0.05, 0.1) is 6.61 Å². The number of hydrogen-bond acceptors (Lipinski definition) is 2. The summed E-state index contributed by atoms with van der Waals surface area (Å²) in [6, 6.07) is 9.78. The number of carbonyl (C=O) groups excluding carboxylic acids is 1. The Balaban J connectivity index is 2.29. The first kappa shape index (κ1) is 10.8. The fourth-order valence-electron chi connectivity index (χ4n) is 0.985. The van der Waals surface area contributed by atoms with Gasteiger partial charge >= 0.3 is 5.97 Å². The Morgan fingerprint density at radius 1 is 1.36 bits per heavy atom. The molecule has 0 N–H and O–H groups in total. The van der Waals surface area contributed by atoms with Crippen molar-refractivity contribution in [3.63, 3.8) is 0 Å². The lowest BCUT2D eigenvalue weighted by molar-refractivity contribution is -0.138. The van der Waals surface area contributed by atoms with Gasteiger partial charge in [-0.2, -0.15) is 0 Å². The van der Waals surface area contributed by atoms with Crippen LogP contribution in [0.1, 0.15) is 5.56 Å². The van der Waals surface area contributed by atoms with Gasteiger partial charge in [-0.05, 0) is 5.56 Å². The van der Waals surface area contributed by atoms with Gasteiger partial charge in [0.2, 0.25) is 0 Å². The Morgan fingerprint density at radius 3 is 2.57 bits per heavy atom. The highest BCUT2D eigenvalue weighted by atomic mass is 35.5. The molecule has 0 aliphatic carbocycles. The summed E-state index contributed by atoms with van der Waals surface area (Å²) in [5.74, 6) is -0.553. The first-order chi connectivity index (χ1) is 6.70. The molecule has 0 bridgehead atoms. The highest BCUT2D eigenvalue weighted by Crippen LogP contribution is 2.03. The zero-order valence-corrected chi connectivity index (χ0v) is 8.46. The van der Waals surface area contributed by atoms with E-state index in [0.717, 1.165) is 5.56 Å². The molecule has 0 saturated carbocycles. The summed E-state index contributed by atoms with van der Waals surface area (Å²) in [5.41, 5.74) is 1.13. The summed E-state index contributed by atoms with van der Waals surface area (Å²) < 4.78 is 4.84. The van der Waals surface area contributed by atoms with Crippen LogP contribution in [0, 0.1) is 0 Å². The van der Waals surface area contributed by atoms with Gasteiger partial charge < -0.3 is 4.74 Å². The molecule has 0 heterocycles. The maximum Gasteiger partial charge on any atom is 0.349 e. The zero-order valence-electron chi connectivity index (χ0n) is 7.70. The standard InChI is InChI=1S/C11H11ClO2/c1-9(12)11(13)14-8-7-10-5-3-2-4-6-10/h2-6H,1,7-8H2. The van der Waals surface area contributed by atoms with Crippen LogP contribution in [-0.4, -0.2) is 12.6 Å². The van der Waals surface area contributed by atoms with E-state index in [1.807, 2.05) is 30.3 Å². The number of carbonyl (C=O) groups is 1. The summed E-state index contributed by atoms with van der Waals surface area (Å²) in [5, 5.41) is -0.0851. The van der Waals surface area contributed by atoms with E-state index in [1.54, 1.807) is 0 Å². The average Bonchev–Trinajstić information content (AvgIpc) is 2.19. The van der Waals surface area contributed by atoms with Crippen LogP contribution in [0.15, 0.2) is 41.9 Å². The topological polar surface area (TPSA) is 26.3 Å². The largest absolute Gasteiger partial charge is 0.461 e. The van der Waals surface area contributed by atoms with Crippen LogP contribution >= 0.6 is 11.6 Å². The molecule has 0 aliphatic rings. The number of hydrogen-bond donors (Lipinski definition) is 0. The molecule has 74 valence electrons. The quantitative estimate of drug-likeness (QED) is 0.564. The molecule has 1 aromatic rings. The predicted octanol–water partition coefficient (Wildman–Crippen LogP) is 2.52. The van der Waals surface area contributed by atoms with Crippen molar-refractivity contribution < 1.29 is 9.53 Å². The SMILES string of the molecule is C=C(Cl)C(=O)OCCc1ccccc1. The van der Waals surface area contributed by atoms with Gasteiger partial charge in [0.15, 0.2) is 0 Å². The van der Waals surface area contributed by atoms with Crippen LogP contribution in [0.4, 0.5) is 0 Å². The number of ether oxygens (including phenoxy) is 1. The van der Waals surface area contributed by atoms with Gasteiger partial charge in [-0.1, -0.05) is 48.5 Å². The van der Waals surface area contributed by atoms with Crippen LogP contribution < -0.4 is 0 Å². The molecule has 0 atom stereocenters. The second kappa shape index (κ2) is 5.45. The maximum atomic E-state index is 10.9. The summed E-state index contributed by atoms with van der Waals surface area (Å²) >= 11 is 5.34. The van der Waals surface area contributed by atoms with E-state index in [-0.39, 0.29) is 5.03 Å².